The largest absolute Gasteiger partial charge is 0.355 e. The molecule has 0 saturated heterocycles. The molecule has 106 valence electrons. The molecule has 0 aliphatic heterocycles. The van der Waals surface area contributed by atoms with Gasteiger partial charge in [-0.15, -0.1) is 0 Å². The van der Waals surface area contributed by atoms with Crippen molar-refractivity contribution in [2.45, 2.75) is 26.8 Å². The Morgan fingerprint density at radius 1 is 1.37 bits per heavy atom. The number of carbonyl (C=O) groups is 1. The van der Waals surface area contributed by atoms with Crippen LogP contribution in [-0.4, -0.2) is 19.0 Å². The Labute approximate surface area is 118 Å². The Bertz CT molecular complexity index is 437. The fourth-order valence-electron chi connectivity index (χ4n) is 1.53. The summed E-state index contributed by atoms with van der Waals surface area (Å²) in [5, 5.41) is 5.96. The summed E-state index contributed by atoms with van der Waals surface area (Å²) in [6.07, 6.45) is 0. The average Bonchev–Trinajstić information content (AvgIpc) is 2.36. The summed E-state index contributed by atoms with van der Waals surface area (Å²) in [5.74, 6) is -0.0844. The van der Waals surface area contributed by atoms with E-state index in [1.165, 1.54) is 12.1 Å². The van der Waals surface area contributed by atoms with Crippen molar-refractivity contribution in [1.29, 1.82) is 0 Å². The SMILES string of the molecule is CC(C)CNC(=O)CNC(C)c1ccc(Cl)c(F)c1. The number of hydrogen-bond donors (Lipinski definition) is 2. The Hall–Kier alpha value is -1.13. The molecule has 1 aromatic carbocycles. The van der Waals surface area contributed by atoms with Crippen LogP contribution in [0.15, 0.2) is 18.2 Å². The number of amides is 1. The van der Waals surface area contributed by atoms with Gasteiger partial charge in [0.25, 0.3) is 0 Å². The molecule has 2 N–H and O–H groups in total. The van der Waals surface area contributed by atoms with Gasteiger partial charge in [0, 0.05) is 12.6 Å². The first kappa shape index (κ1) is 15.9. The van der Waals surface area contributed by atoms with Crippen LogP contribution < -0.4 is 10.6 Å². The van der Waals surface area contributed by atoms with Gasteiger partial charge in [0.05, 0.1) is 11.6 Å². The van der Waals surface area contributed by atoms with Crippen LogP contribution in [0.1, 0.15) is 32.4 Å². The lowest BCUT2D eigenvalue weighted by Gasteiger charge is -2.15. The highest BCUT2D eigenvalue weighted by molar-refractivity contribution is 6.30. The van der Waals surface area contributed by atoms with Crippen molar-refractivity contribution < 1.29 is 9.18 Å². The lowest BCUT2D eigenvalue weighted by atomic mass is 10.1. The number of halogens is 2. The lowest BCUT2D eigenvalue weighted by molar-refractivity contribution is -0.120. The topological polar surface area (TPSA) is 41.1 Å². The van der Waals surface area contributed by atoms with E-state index in [1.807, 2.05) is 20.8 Å². The summed E-state index contributed by atoms with van der Waals surface area (Å²) in [7, 11) is 0. The Morgan fingerprint density at radius 2 is 2.05 bits per heavy atom. The van der Waals surface area contributed by atoms with Crippen LogP contribution in [0.5, 0.6) is 0 Å². The minimum Gasteiger partial charge on any atom is -0.355 e. The standard InChI is InChI=1S/C14H20ClFN2O/c1-9(2)7-18-14(19)8-17-10(3)11-4-5-12(15)13(16)6-11/h4-6,9-10,17H,7-8H2,1-3H3,(H,18,19). The van der Waals surface area contributed by atoms with E-state index in [4.69, 9.17) is 11.6 Å². The summed E-state index contributed by atoms with van der Waals surface area (Å²) in [5.41, 5.74) is 0.763. The predicted octanol–water partition coefficient (Wildman–Crippen LogP) is 2.90. The minimum atomic E-state index is -0.447. The summed E-state index contributed by atoms with van der Waals surface area (Å²) in [4.78, 5) is 11.5. The minimum absolute atomic E-state index is 0.0602. The van der Waals surface area contributed by atoms with Crippen molar-refractivity contribution >= 4 is 17.5 Å². The molecular weight excluding hydrogens is 267 g/mol. The highest BCUT2D eigenvalue weighted by atomic mass is 35.5. The molecular formula is C14H20ClFN2O. The number of benzene rings is 1. The maximum atomic E-state index is 13.3. The molecule has 0 saturated carbocycles. The van der Waals surface area contributed by atoms with Gasteiger partial charge >= 0.3 is 0 Å². The Morgan fingerprint density at radius 3 is 2.63 bits per heavy atom. The zero-order valence-electron chi connectivity index (χ0n) is 11.5. The quantitative estimate of drug-likeness (QED) is 0.844. The number of rotatable bonds is 6. The zero-order valence-corrected chi connectivity index (χ0v) is 12.2. The van der Waals surface area contributed by atoms with E-state index in [9.17, 15) is 9.18 Å². The van der Waals surface area contributed by atoms with Crippen molar-refractivity contribution in [2.75, 3.05) is 13.1 Å². The molecule has 0 aliphatic carbocycles. The van der Waals surface area contributed by atoms with Crippen molar-refractivity contribution in [1.82, 2.24) is 10.6 Å². The molecule has 0 aliphatic rings. The number of carbonyl (C=O) groups excluding carboxylic acids is 1. The first-order valence-corrected chi connectivity index (χ1v) is 6.73. The van der Waals surface area contributed by atoms with Crippen molar-refractivity contribution in [3.8, 4) is 0 Å². The van der Waals surface area contributed by atoms with Gasteiger partial charge in [-0.2, -0.15) is 0 Å². The summed E-state index contributed by atoms with van der Waals surface area (Å²) < 4.78 is 13.3. The van der Waals surface area contributed by atoms with Crippen LogP contribution in [-0.2, 0) is 4.79 Å². The van der Waals surface area contributed by atoms with E-state index >= 15 is 0 Å². The van der Waals surface area contributed by atoms with E-state index in [2.05, 4.69) is 10.6 Å². The van der Waals surface area contributed by atoms with Crippen molar-refractivity contribution in [3.63, 3.8) is 0 Å². The van der Waals surface area contributed by atoms with Crippen LogP contribution in [0.2, 0.25) is 5.02 Å². The first-order valence-electron chi connectivity index (χ1n) is 6.35. The van der Waals surface area contributed by atoms with Gasteiger partial charge in [-0.1, -0.05) is 31.5 Å². The predicted molar refractivity (Wildman–Crippen MR) is 75.7 cm³/mol. The molecule has 0 heterocycles. The molecule has 5 heteroatoms. The molecule has 0 spiro atoms. The van der Waals surface area contributed by atoms with Gasteiger partial charge in [-0.3, -0.25) is 4.79 Å². The molecule has 0 fully saturated rings. The smallest absolute Gasteiger partial charge is 0.233 e. The van der Waals surface area contributed by atoms with Crippen LogP contribution in [0.3, 0.4) is 0 Å². The monoisotopic (exact) mass is 286 g/mol. The van der Waals surface area contributed by atoms with E-state index in [-0.39, 0.29) is 23.5 Å². The third-order valence-electron chi connectivity index (χ3n) is 2.72. The number of nitrogens with one attached hydrogen (secondary N) is 2. The summed E-state index contributed by atoms with van der Waals surface area (Å²) in [6.45, 7) is 6.81. The Kier molecular flexibility index (Phi) is 6.25. The second-order valence-electron chi connectivity index (χ2n) is 4.97. The first-order chi connectivity index (χ1) is 8.90. The van der Waals surface area contributed by atoms with E-state index in [0.717, 1.165) is 5.56 Å². The molecule has 1 rings (SSSR count). The highest BCUT2D eigenvalue weighted by Gasteiger charge is 2.10. The molecule has 0 bridgehead atoms. The van der Waals surface area contributed by atoms with Crippen LogP contribution in [0, 0.1) is 11.7 Å². The summed E-state index contributed by atoms with van der Waals surface area (Å²) >= 11 is 5.62. The van der Waals surface area contributed by atoms with Crippen molar-refractivity contribution in [2.24, 2.45) is 5.92 Å². The zero-order chi connectivity index (χ0) is 14.4. The summed E-state index contributed by atoms with van der Waals surface area (Å²) in [6, 6.07) is 4.53. The molecule has 1 amide bonds. The molecule has 0 radical (unpaired) electrons. The van der Waals surface area contributed by atoms with Crippen LogP contribution in [0.25, 0.3) is 0 Å². The average molecular weight is 287 g/mol. The number of hydrogen-bond acceptors (Lipinski definition) is 2. The van der Waals surface area contributed by atoms with Gasteiger partial charge in [-0.05, 0) is 30.5 Å². The van der Waals surface area contributed by atoms with E-state index in [1.54, 1.807) is 6.07 Å². The molecule has 1 aromatic rings. The highest BCUT2D eigenvalue weighted by Crippen LogP contribution is 2.19. The lowest BCUT2D eigenvalue weighted by Crippen LogP contribution is -2.36. The van der Waals surface area contributed by atoms with E-state index < -0.39 is 5.82 Å². The maximum Gasteiger partial charge on any atom is 0.233 e. The molecule has 1 unspecified atom stereocenters. The van der Waals surface area contributed by atoms with Crippen LogP contribution >= 0.6 is 11.6 Å². The van der Waals surface area contributed by atoms with Gasteiger partial charge in [0.15, 0.2) is 0 Å². The fraction of sp³-hybridized carbons (Fsp3) is 0.500. The third-order valence-corrected chi connectivity index (χ3v) is 3.03. The molecule has 3 nitrogen and oxygen atoms in total. The van der Waals surface area contributed by atoms with Gasteiger partial charge in [0.2, 0.25) is 5.91 Å². The maximum absolute atomic E-state index is 13.3. The molecule has 1 atom stereocenters. The van der Waals surface area contributed by atoms with Gasteiger partial charge in [0.1, 0.15) is 5.82 Å². The van der Waals surface area contributed by atoms with Gasteiger partial charge < -0.3 is 10.6 Å². The second-order valence-corrected chi connectivity index (χ2v) is 5.38. The van der Waals surface area contributed by atoms with Gasteiger partial charge in [-0.25, -0.2) is 4.39 Å². The second kappa shape index (κ2) is 7.46. The molecule has 0 aromatic heterocycles. The van der Waals surface area contributed by atoms with E-state index in [0.29, 0.717) is 12.5 Å². The fourth-order valence-corrected chi connectivity index (χ4v) is 1.64. The van der Waals surface area contributed by atoms with Crippen LogP contribution in [0.4, 0.5) is 4.39 Å². The Balaban J connectivity index is 2.44. The third kappa shape index (κ3) is 5.57. The normalized spacial score (nSPS) is 12.5. The van der Waals surface area contributed by atoms with Crippen molar-refractivity contribution in [3.05, 3.63) is 34.6 Å². The molecule has 19 heavy (non-hydrogen) atoms.